The van der Waals surface area contributed by atoms with Crippen molar-refractivity contribution in [2.45, 2.75) is 0 Å². The van der Waals surface area contributed by atoms with E-state index in [1.54, 1.807) is 0 Å². The zero-order valence-electron chi connectivity index (χ0n) is 10.4. The number of fused-ring (bicyclic) bond motifs is 1. The molecule has 7 heteroatoms. The summed E-state index contributed by atoms with van der Waals surface area (Å²) in [6, 6.07) is 5.81. The second-order valence-corrected chi connectivity index (χ2v) is 4.35. The number of benzene rings is 2. The molecular weight excluding hydrogens is 285 g/mol. The number of halogens is 3. The van der Waals surface area contributed by atoms with Gasteiger partial charge >= 0.3 is 5.69 Å². The van der Waals surface area contributed by atoms with E-state index < -0.39 is 28.7 Å². The summed E-state index contributed by atoms with van der Waals surface area (Å²) < 4.78 is 40.9. The van der Waals surface area contributed by atoms with Gasteiger partial charge in [-0.15, -0.1) is 0 Å². The minimum Gasteiger partial charge on any atom is -0.273 e. The fourth-order valence-corrected chi connectivity index (χ4v) is 2.12. The number of rotatable bonds is 1. The van der Waals surface area contributed by atoms with Gasteiger partial charge in [-0.3, -0.25) is 14.3 Å². The average molecular weight is 292 g/mol. The van der Waals surface area contributed by atoms with Crippen LogP contribution in [0.3, 0.4) is 0 Å². The van der Waals surface area contributed by atoms with E-state index in [2.05, 4.69) is 0 Å². The van der Waals surface area contributed by atoms with Crippen molar-refractivity contribution in [1.82, 2.24) is 9.55 Å². The van der Waals surface area contributed by atoms with Gasteiger partial charge in [0.05, 0.1) is 16.6 Å². The quantitative estimate of drug-likeness (QED) is 0.746. The largest absolute Gasteiger partial charge is 0.333 e. The normalized spacial score (nSPS) is 11.0. The third-order valence-corrected chi connectivity index (χ3v) is 3.02. The van der Waals surface area contributed by atoms with Crippen LogP contribution in [0.5, 0.6) is 0 Å². The highest BCUT2D eigenvalue weighted by atomic mass is 19.1. The van der Waals surface area contributed by atoms with Gasteiger partial charge < -0.3 is 0 Å². The maximum absolute atomic E-state index is 13.9. The van der Waals surface area contributed by atoms with Crippen LogP contribution < -0.4 is 11.2 Å². The van der Waals surface area contributed by atoms with Crippen molar-refractivity contribution in [3.8, 4) is 5.69 Å². The summed E-state index contributed by atoms with van der Waals surface area (Å²) in [5.74, 6) is -2.45. The number of nitrogens with one attached hydrogen (secondary N) is 1. The minimum atomic E-state index is -0.977. The van der Waals surface area contributed by atoms with Gasteiger partial charge in [0.25, 0.3) is 5.56 Å². The van der Waals surface area contributed by atoms with Gasteiger partial charge in [-0.1, -0.05) is 0 Å². The van der Waals surface area contributed by atoms with E-state index in [0.29, 0.717) is 6.07 Å². The molecule has 0 bridgehead atoms. The highest BCUT2D eigenvalue weighted by molar-refractivity contribution is 5.79. The highest BCUT2D eigenvalue weighted by Crippen LogP contribution is 2.18. The lowest BCUT2D eigenvalue weighted by Gasteiger charge is -2.10. The van der Waals surface area contributed by atoms with Crippen LogP contribution in [0.1, 0.15) is 0 Å². The van der Waals surface area contributed by atoms with E-state index in [0.717, 1.165) is 28.8 Å². The molecule has 1 N–H and O–H groups in total. The molecule has 2 aromatic carbocycles. The van der Waals surface area contributed by atoms with E-state index in [1.807, 2.05) is 4.98 Å². The van der Waals surface area contributed by atoms with E-state index in [9.17, 15) is 22.8 Å². The van der Waals surface area contributed by atoms with Gasteiger partial charge in [-0.05, 0) is 30.3 Å². The van der Waals surface area contributed by atoms with Crippen molar-refractivity contribution >= 4 is 10.9 Å². The van der Waals surface area contributed by atoms with Crippen LogP contribution in [0.25, 0.3) is 16.6 Å². The smallest absolute Gasteiger partial charge is 0.273 e. The number of hydrogen-bond acceptors (Lipinski definition) is 2. The Labute approximate surface area is 115 Å². The Balaban J connectivity index is 2.48. The fourth-order valence-electron chi connectivity index (χ4n) is 2.12. The van der Waals surface area contributed by atoms with Crippen LogP contribution in [-0.4, -0.2) is 9.55 Å². The lowest BCUT2D eigenvalue weighted by molar-refractivity contribution is 0.577. The van der Waals surface area contributed by atoms with Gasteiger partial charge in [0, 0.05) is 6.07 Å². The molecule has 3 rings (SSSR count). The maximum Gasteiger partial charge on any atom is 0.333 e. The topological polar surface area (TPSA) is 54.9 Å². The highest BCUT2D eigenvalue weighted by Gasteiger charge is 2.13. The Kier molecular flexibility index (Phi) is 2.90. The summed E-state index contributed by atoms with van der Waals surface area (Å²) in [5, 5.41) is -0.113. The summed E-state index contributed by atoms with van der Waals surface area (Å²) in [7, 11) is 0. The van der Waals surface area contributed by atoms with Gasteiger partial charge in [0.15, 0.2) is 0 Å². The van der Waals surface area contributed by atoms with Gasteiger partial charge in [-0.2, -0.15) is 0 Å². The van der Waals surface area contributed by atoms with E-state index in [1.165, 1.54) is 6.07 Å². The molecule has 0 aliphatic rings. The predicted molar refractivity (Wildman–Crippen MR) is 70.0 cm³/mol. The Hall–Kier alpha value is -2.83. The first-order valence-electron chi connectivity index (χ1n) is 5.87. The molecule has 106 valence electrons. The maximum atomic E-state index is 13.9. The molecule has 1 heterocycles. The van der Waals surface area contributed by atoms with Crippen molar-refractivity contribution in [3.63, 3.8) is 0 Å². The van der Waals surface area contributed by atoms with E-state index in [4.69, 9.17) is 0 Å². The molecule has 0 unspecified atom stereocenters. The molecule has 0 fully saturated rings. The summed E-state index contributed by atoms with van der Waals surface area (Å²) in [6.45, 7) is 0. The Morgan fingerprint density at radius 3 is 2.29 bits per heavy atom. The van der Waals surface area contributed by atoms with Crippen LogP contribution in [0.15, 0.2) is 46.0 Å². The summed E-state index contributed by atoms with van der Waals surface area (Å²) in [5.41, 5.74) is -1.90. The third-order valence-electron chi connectivity index (χ3n) is 3.02. The first-order chi connectivity index (χ1) is 9.97. The van der Waals surface area contributed by atoms with Crippen LogP contribution in [0, 0.1) is 17.5 Å². The van der Waals surface area contributed by atoms with Crippen LogP contribution in [0.4, 0.5) is 13.2 Å². The summed E-state index contributed by atoms with van der Waals surface area (Å²) in [6.07, 6.45) is 0. The van der Waals surface area contributed by atoms with E-state index in [-0.39, 0.29) is 16.6 Å². The monoisotopic (exact) mass is 292 g/mol. The molecule has 0 spiro atoms. The van der Waals surface area contributed by atoms with Crippen LogP contribution >= 0.6 is 0 Å². The fraction of sp³-hybridized carbons (Fsp3) is 0. The molecular formula is C14H7F3N2O2. The average Bonchev–Trinajstić information content (AvgIpc) is 2.41. The van der Waals surface area contributed by atoms with Crippen LogP contribution in [-0.2, 0) is 0 Å². The number of H-pyrrole nitrogens is 1. The molecule has 0 radical (unpaired) electrons. The molecule has 0 amide bonds. The molecule has 0 aliphatic heterocycles. The Morgan fingerprint density at radius 1 is 0.905 bits per heavy atom. The molecule has 0 saturated carbocycles. The zero-order valence-corrected chi connectivity index (χ0v) is 10.4. The molecule has 0 atom stereocenters. The lowest BCUT2D eigenvalue weighted by Crippen LogP contribution is -2.29. The van der Waals surface area contributed by atoms with Crippen molar-refractivity contribution in [1.29, 1.82) is 0 Å². The molecule has 1 aromatic heterocycles. The molecule has 21 heavy (non-hydrogen) atoms. The first kappa shape index (κ1) is 13.2. The van der Waals surface area contributed by atoms with E-state index >= 15 is 0 Å². The Bertz CT molecular complexity index is 976. The van der Waals surface area contributed by atoms with Crippen molar-refractivity contribution in [2.24, 2.45) is 0 Å². The number of aromatic amines is 1. The second kappa shape index (κ2) is 4.62. The number of nitrogens with zero attached hydrogens (tertiary/aromatic N) is 1. The number of aromatic nitrogens is 2. The molecule has 0 saturated heterocycles. The van der Waals surface area contributed by atoms with Crippen molar-refractivity contribution in [3.05, 3.63) is 74.7 Å². The standard InChI is InChI=1S/C14H7F3N2O2/c15-7-1-3-11-9(5-7)13(20)18-14(21)19(11)12-4-2-8(16)6-10(12)17/h1-6H,(H,18,20,21). The third kappa shape index (κ3) is 2.12. The SMILES string of the molecule is O=c1[nH]c(=O)n(-c2ccc(F)cc2F)c2ccc(F)cc12. The summed E-state index contributed by atoms with van der Waals surface area (Å²) >= 11 is 0. The van der Waals surface area contributed by atoms with Gasteiger partial charge in [-0.25, -0.2) is 18.0 Å². The van der Waals surface area contributed by atoms with Gasteiger partial charge in [0.2, 0.25) is 0 Å². The molecule has 4 nitrogen and oxygen atoms in total. The van der Waals surface area contributed by atoms with Crippen molar-refractivity contribution in [2.75, 3.05) is 0 Å². The van der Waals surface area contributed by atoms with Gasteiger partial charge in [0.1, 0.15) is 17.5 Å². The second-order valence-electron chi connectivity index (χ2n) is 4.35. The Morgan fingerprint density at radius 2 is 1.57 bits per heavy atom. The number of hydrogen-bond donors (Lipinski definition) is 1. The lowest BCUT2D eigenvalue weighted by atomic mass is 10.2. The van der Waals surface area contributed by atoms with Crippen LogP contribution in [0.2, 0.25) is 0 Å². The van der Waals surface area contributed by atoms with Crippen molar-refractivity contribution < 1.29 is 13.2 Å². The zero-order chi connectivity index (χ0) is 15.1. The first-order valence-corrected chi connectivity index (χ1v) is 5.87. The summed E-state index contributed by atoms with van der Waals surface area (Å²) in [4.78, 5) is 25.6. The predicted octanol–water partition coefficient (Wildman–Crippen LogP) is 2.10. The molecule has 0 aliphatic carbocycles. The minimum absolute atomic E-state index is 0.0238. The molecule has 3 aromatic rings.